The Labute approximate surface area is 130 Å². The summed E-state index contributed by atoms with van der Waals surface area (Å²) in [5.74, 6) is 1.79. The third-order valence-corrected chi connectivity index (χ3v) is 5.02. The predicted molar refractivity (Wildman–Crippen MR) is 87.1 cm³/mol. The van der Waals surface area contributed by atoms with Gasteiger partial charge in [-0.2, -0.15) is 0 Å². The lowest BCUT2D eigenvalue weighted by atomic mass is 9.99. The van der Waals surface area contributed by atoms with Crippen LogP contribution in [0.25, 0.3) is 0 Å². The van der Waals surface area contributed by atoms with Gasteiger partial charge < -0.3 is 14.8 Å². The van der Waals surface area contributed by atoms with E-state index in [4.69, 9.17) is 4.98 Å². The SMILES string of the molecule is Cc1cn2c(n1)[C@H](CNCc1cnc(N(C)C)s1)CCC2. The zero-order valence-electron chi connectivity index (χ0n) is 13.0. The molecule has 0 aromatic carbocycles. The highest BCUT2D eigenvalue weighted by atomic mass is 32.1. The average Bonchev–Trinajstić information content (AvgIpc) is 3.04. The first-order chi connectivity index (χ1) is 10.1. The van der Waals surface area contributed by atoms with E-state index in [2.05, 4.69) is 32.9 Å². The zero-order chi connectivity index (χ0) is 14.8. The van der Waals surface area contributed by atoms with Crippen molar-refractivity contribution in [3.63, 3.8) is 0 Å². The monoisotopic (exact) mass is 305 g/mol. The number of nitrogens with zero attached hydrogens (tertiary/aromatic N) is 4. The number of fused-ring (bicyclic) bond motifs is 1. The van der Waals surface area contributed by atoms with Crippen LogP contribution in [0.2, 0.25) is 0 Å². The van der Waals surface area contributed by atoms with Crippen molar-refractivity contribution in [2.45, 2.75) is 38.8 Å². The molecule has 1 atom stereocenters. The van der Waals surface area contributed by atoms with Crippen molar-refractivity contribution in [1.29, 1.82) is 0 Å². The van der Waals surface area contributed by atoms with Crippen LogP contribution in [0.5, 0.6) is 0 Å². The number of rotatable bonds is 5. The van der Waals surface area contributed by atoms with Gasteiger partial charge in [-0.25, -0.2) is 9.97 Å². The number of aromatic nitrogens is 3. The second-order valence-electron chi connectivity index (χ2n) is 5.91. The molecule has 3 rings (SSSR count). The van der Waals surface area contributed by atoms with Gasteiger partial charge in [-0.1, -0.05) is 0 Å². The summed E-state index contributed by atoms with van der Waals surface area (Å²) in [6, 6.07) is 0. The minimum atomic E-state index is 0.536. The first-order valence-electron chi connectivity index (χ1n) is 7.50. The van der Waals surface area contributed by atoms with E-state index in [1.54, 1.807) is 11.3 Å². The maximum Gasteiger partial charge on any atom is 0.185 e. The van der Waals surface area contributed by atoms with Gasteiger partial charge in [0.2, 0.25) is 0 Å². The Morgan fingerprint density at radius 1 is 1.48 bits per heavy atom. The molecule has 2 aromatic rings. The highest BCUT2D eigenvalue weighted by Gasteiger charge is 2.21. The summed E-state index contributed by atoms with van der Waals surface area (Å²) >= 11 is 1.75. The molecule has 0 aliphatic carbocycles. The third-order valence-electron chi connectivity index (χ3n) is 3.86. The Hall–Kier alpha value is -1.40. The first-order valence-corrected chi connectivity index (χ1v) is 8.31. The summed E-state index contributed by atoms with van der Waals surface area (Å²) in [4.78, 5) is 12.4. The van der Waals surface area contributed by atoms with Crippen LogP contribution in [-0.2, 0) is 13.1 Å². The fourth-order valence-electron chi connectivity index (χ4n) is 2.86. The lowest BCUT2D eigenvalue weighted by Crippen LogP contribution is -2.26. The molecule has 0 saturated heterocycles. The predicted octanol–water partition coefficient (Wildman–Crippen LogP) is 2.38. The number of hydrogen-bond acceptors (Lipinski definition) is 5. The van der Waals surface area contributed by atoms with Crippen molar-refractivity contribution in [2.24, 2.45) is 0 Å². The van der Waals surface area contributed by atoms with Gasteiger partial charge in [-0.05, 0) is 19.8 Å². The number of aryl methyl sites for hydroxylation is 2. The maximum absolute atomic E-state index is 4.69. The molecule has 1 aliphatic heterocycles. The van der Waals surface area contributed by atoms with E-state index in [0.717, 1.165) is 30.5 Å². The van der Waals surface area contributed by atoms with Gasteiger partial charge in [0.25, 0.3) is 0 Å². The second kappa shape index (κ2) is 6.15. The molecule has 0 fully saturated rings. The van der Waals surface area contributed by atoms with Crippen molar-refractivity contribution >= 4 is 16.5 Å². The van der Waals surface area contributed by atoms with E-state index < -0.39 is 0 Å². The summed E-state index contributed by atoms with van der Waals surface area (Å²) in [5, 5.41) is 4.64. The van der Waals surface area contributed by atoms with E-state index in [1.807, 2.05) is 20.3 Å². The van der Waals surface area contributed by atoms with Crippen molar-refractivity contribution in [3.05, 3.63) is 28.8 Å². The van der Waals surface area contributed by atoms with Crippen molar-refractivity contribution < 1.29 is 0 Å². The van der Waals surface area contributed by atoms with E-state index in [9.17, 15) is 0 Å². The minimum absolute atomic E-state index is 0.536. The van der Waals surface area contributed by atoms with Crippen LogP contribution in [0.1, 0.15) is 35.2 Å². The molecule has 1 N–H and O–H groups in total. The van der Waals surface area contributed by atoms with Crippen molar-refractivity contribution in [1.82, 2.24) is 19.9 Å². The second-order valence-corrected chi connectivity index (χ2v) is 7.00. The van der Waals surface area contributed by atoms with Crippen LogP contribution in [0.4, 0.5) is 5.13 Å². The van der Waals surface area contributed by atoms with E-state index in [-0.39, 0.29) is 0 Å². The highest BCUT2D eigenvalue weighted by Crippen LogP contribution is 2.26. The molecule has 114 valence electrons. The van der Waals surface area contributed by atoms with Crippen LogP contribution < -0.4 is 10.2 Å². The Bertz CT molecular complexity index is 601. The van der Waals surface area contributed by atoms with Crippen LogP contribution >= 0.6 is 11.3 Å². The zero-order valence-corrected chi connectivity index (χ0v) is 13.8. The summed E-state index contributed by atoms with van der Waals surface area (Å²) in [5.41, 5.74) is 1.13. The molecule has 21 heavy (non-hydrogen) atoms. The highest BCUT2D eigenvalue weighted by molar-refractivity contribution is 7.15. The molecule has 0 bridgehead atoms. The van der Waals surface area contributed by atoms with Crippen LogP contribution in [0.3, 0.4) is 0 Å². The molecule has 2 aromatic heterocycles. The smallest absolute Gasteiger partial charge is 0.185 e. The summed E-state index contributed by atoms with van der Waals surface area (Å²) in [7, 11) is 4.06. The van der Waals surface area contributed by atoms with Gasteiger partial charge >= 0.3 is 0 Å². The number of hydrogen-bond donors (Lipinski definition) is 1. The standard InChI is InChI=1S/C15H23N5S/c1-11-10-20-6-4-5-12(14(20)18-11)7-16-8-13-9-17-15(21-13)19(2)3/h9-10,12,16H,4-8H2,1-3H3/t12-/m0/s1. The summed E-state index contributed by atoms with van der Waals surface area (Å²) in [6.07, 6.45) is 6.63. The quantitative estimate of drug-likeness (QED) is 0.921. The Balaban J connectivity index is 1.56. The lowest BCUT2D eigenvalue weighted by Gasteiger charge is -2.23. The van der Waals surface area contributed by atoms with E-state index in [1.165, 1.54) is 23.5 Å². The Morgan fingerprint density at radius 3 is 3.10 bits per heavy atom. The normalized spacial score (nSPS) is 17.8. The fourth-order valence-corrected chi connectivity index (χ4v) is 3.66. The molecule has 5 nitrogen and oxygen atoms in total. The molecule has 1 aliphatic rings. The molecule has 0 radical (unpaired) electrons. The van der Waals surface area contributed by atoms with Gasteiger partial charge in [0, 0.05) is 56.9 Å². The van der Waals surface area contributed by atoms with Gasteiger partial charge in [0.1, 0.15) is 5.82 Å². The van der Waals surface area contributed by atoms with Gasteiger partial charge in [-0.3, -0.25) is 0 Å². The van der Waals surface area contributed by atoms with Gasteiger partial charge in [0.15, 0.2) is 5.13 Å². The summed E-state index contributed by atoms with van der Waals surface area (Å²) < 4.78 is 2.32. The fraction of sp³-hybridized carbons (Fsp3) is 0.600. The Morgan fingerprint density at radius 2 is 2.33 bits per heavy atom. The molecular weight excluding hydrogens is 282 g/mol. The van der Waals surface area contributed by atoms with E-state index >= 15 is 0 Å². The number of imidazole rings is 1. The first kappa shape index (κ1) is 14.5. The van der Waals surface area contributed by atoms with Crippen molar-refractivity contribution in [2.75, 3.05) is 25.5 Å². The average molecular weight is 305 g/mol. The number of anilines is 1. The van der Waals surface area contributed by atoms with Gasteiger partial charge in [0.05, 0.1) is 5.69 Å². The number of nitrogens with one attached hydrogen (secondary N) is 1. The molecule has 0 amide bonds. The van der Waals surface area contributed by atoms with Crippen LogP contribution in [0, 0.1) is 6.92 Å². The molecule has 0 saturated carbocycles. The summed E-state index contributed by atoms with van der Waals surface area (Å²) in [6.45, 7) is 5.08. The Kier molecular flexibility index (Phi) is 4.26. The minimum Gasteiger partial charge on any atom is -0.354 e. The maximum atomic E-state index is 4.69. The van der Waals surface area contributed by atoms with Crippen molar-refractivity contribution in [3.8, 4) is 0 Å². The molecular formula is C15H23N5S. The third kappa shape index (κ3) is 3.27. The lowest BCUT2D eigenvalue weighted by molar-refractivity contribution is 0.423. The topological polar surface area (TPSA) is 46.0 Å². The number of thiazole rings is 1. The largest absolute Gasteiger partial charge is 0.354 e. The van der Waals surface area contributed by atoms with Crippen LogP contribution in [-0.4, -0.2) is 35.2 Å². The molecule has 0 unspecified atom stereocenters. The molecule has 6 heteroatoms. The molecule has 3 heterocycles. The van der Waals surface area contributed by atoms with Crippen LogP contribution in [0.15, 0.2) is 12.4 Å². The van der Waals surface area contributed by atoms with E-state index in [0.29, 0.717) is 5.92 Å². The van der Waals surface area contributed by atoms with Gasteiger partial charge in [-0.15, -0.1) is 11.3 Å². The molecule has 0 spiro atoms.